The molecule has 0 saturated heterocycles. The molecule has 0 saturated carbocycles. The van der Waals surface area contributed by atoms with Gasteiger partial charge < -0.3 is 25.2 Å². The fraction of sp³-hybridized carbons (Fsp3) is 0.481. The Hall–Kier alpha value is -3.30. The van der Waals surface area contributed by atoms with Crippen LogP contribution in [-0.2, 0) is 11.2 Å². The van der Waals surface area contributed by atoms with E-state index in [0.717, 1.165) is 46.5 Å². The highest BCUT2D eigenvalue weighted by atomic mass is 16.5. The van der Waals surface area contributed by atoms with Gasteiger partial charge in [-0.15, -0.1) is 0 Å². The van der Waals surface area contributed by atoms with Crippen molar-refractivity contribution < 1.29 is 24.3 Å². The Kier molecular flexibility index (Phi) is 9.17. The second-order valence-corrected chi connectivity index (χ2v) is 9.11. The maximum Gasteiger partial charge on any atom is 0.258 e. The highest BCUT2D eigenvalue weighted by Gasteiger charge is 2.20. The van der Waals surface area contributed by atoms with Crippen LogP contribution in [0.1, 0.15) is 68.5 Å². The molecule has 0 aliphatic rings. The molecule has 0 aliphatic carbocycles. The van der Waals surface area contributed by atoms with Crippen molar-refractivity contribution in [2.24, 2.45) is 5.73 Å². The van der Waals surface area contributed by atoms with Crippen LogP contribution < -0.4 is 10.5 Å². The van der Waals surface area contributed by atoms with Crippen molar-refractivity contribution in [1.82, 2.24) is 15.1 Å². The average Bonchev–Trinajstić information content (AvgIpc) is 3.33. The van der Waals surface area contributed by atoms with E-state index in [2.05, 4.69) is 24.0 Å². The first-order chi connectivity index (χ1) is 17.2. The molecular formula is C27H36N4O5. The number of aliphatic hydroxyl groups is 2. The normalized spacial score (nSPS) is 13.1. The largest absolute Gasteiger partial charge is 0.490 e. The van der Waals surface area contributed by atoms with Gasteiger partial charge in [0.05, 0.1) is 6.10 Å². The summed E-state index contributed by atoms with van der Waals surface area (Å²) in [5.41, 5.74) is 10.4. The zero-order chi connectivity index (χ0) is 26.4. The number of primary amides is 1. The lowest BCUT2D eigenvalue weighted by Gasteiger charge is -2.18. The summed E-state index contributed by atoms with van der Waals surface area (Å²) in [7, 11) is 0. The fourth-order valence-electron chi connectivity index (χ4n) is 4.26. The van der Waals surface area contributed by atoms with Crippen LogP contribution in [0, 0.1) is 13.8 Å². The zero-order valence-electron chi connectivity index (χ0n) is 21.6. The lowest BCUT2D eigenvalue weighted by atomic mass is 9.97. The van der Waals surface area contributed by atoms with Crippen molar-refractivity contribution in [3.63, 3.8) is 0 Å². The molecular weight excluding hydrogens is 460 g/mol. The first-order valence-corrected chi connectivity index (χ1v) is 12.4. The zero-order valence-corrected chi connectivity index (χ0v) is 21.6. The van der Waals surface area contributed by atoms with Gasteiger partial charge in [0.2, 0.25) is 11.7 Å². The molecule has 1 amide bonds. The van der Waals surface area contributed by atoms with Crippen LogP contribution >= 0.6 is 0 Å². The Morgan fingerprint density at radius 1 is 1.06 bits per heavy atom. The van der Waals surface area contributed by atoms with Crippen LogP contribution in [0.15, 0.2) is 28.8 Å². The summed E-state index contributed by atoms with van der Waals surface area (Å²) in [6.07, 6.45) is 0.0597. The number of carbonyl (C=O) groups excluding carboxylic acids is 1. The number of aryl methyl sites for hydroxylation is 3. The summed E-state index contributed by atoms with van der Waals surface area (Å²) in [4.78, 5) is 20.4. The van der Waals surface area contributed by atoms with Gasteiger partial charge in [-0.05, 0) is 68.5 Å². The van der Waals surface area contributed by atoms with E-state index in [1.807, 2.05) is 45.0 Å². The molecule has 0 bridgehead atoms. The number of aliphatic hydroxyl groups excluding tert-OH is 2. The minimum Gasteiger partial charge on any atom is -0.490 e. The smallest absolute Gasteiger partial charge is 0.258 e. The first-order valence-electron chi connectivity index (χ1n) is 12.4. The highest BCUT2D eigenvalue weighted by molar-refractivity contribution is 5.78. The third kappa shape index (κ3) is 6.47. The second-order valence-electron chi connectivity index (χ2n) is 9.11. The molecule has 1 unspecified atom stereocenters. The highest BCUT2D eigenvalue weighted by Crippen LogP contribution is 2.32. The molecule has 2 aromatic heterocycles. The Balaban J connectivity index is 1.83. The number of hydrogen-bond donors (Lipinski definition) is 3. The molecule has 0 fully saturated rings. The van der Waals surface area contributed by atoms with Crippen molar-refractivity contribution in [2.75, 3.05) is 6.61 Å². The van der Waals surface area contributed by atoms with Crippen LogP contribution in [0.5, 0.6) is 5.75 Å². The molecule has 9 nitrogen and oxygen atoms in total. The number of nitrogens with two attached hydrogens (primary N) is 1. The van der Waals surface area contributed by atoms with E-state index in [1.54, 1.807) is 0 Å². The van der Waals surface area contributed by atoms with E-state index < -0.39 is 18.1 Å². The third-order valence-corrected chi connectivity index (χ3v) is 6.28. The molecule has 3 aromatic rings. The van der Waals surface area contributed by atoms with Gasteiger partial charge in [-0.3, -0.25) is 9.78 Å². The number of rotatable bonds is 12. The summed E-state index contributed by atoms with van der Waals surface area (Å²) in [5, 5.41) is 23.9. The average molecular weight is 497 g/mol. The second kappa shape index (κ2) is 12.1. The predicted octanol–water partition coefficient (Wildman–Crippen LogP) is 3.86. The number of amides is 1. The summed E-state index contributed by atoms with van der Waals surface area (Å²) in [6, 6.07) is 7.82. The van der Waals surface area contributed by atoms with Gasteiger partial charge in [-0.2, -0.15) is 4.98 Å². The van der Waals surface area contributed by atoms with Gasteiger partial charge in [0, 0.05) is 34.9 Å². The minimum absolute atomic E-state index is 0.0792. The topological polar surface area (TPSA) is 145 Å². The molecule has 0 radical (unpaired) electrons. The number of ether oxygens (including phenoxy) is 1. The van der Waals surface area contributed by atoms with Gasteiger partial charge in [-0.1, -0.05) is 25.9 Å². The monoisotopic (exact) mass is 496 g/mol. The Morgan fingerprint density at radius 3 is 2.42 bits per heavy atom. The number of hydrogen-bond acceptors (Lipinski definition) is 8. The van der Waals surface area contributed by atoms with Crippen LogP contribution in [0.3, 0.4) is 0 Å². The lowest BCUT2D eigenvalue weighted by Crippen LogP contribution is -2.33. The van der Waals surface area contributed by atoms with Crippen LogP contribution in [0.4, 0.5) is 0 Å². The number of aromatic nitrogens is 3. The van der Waals surface area contributed by atoms with E-state index in [4.69, 9.17) is 20.0 Å². The van der Waals surface area contributed by atoms with Crippen molar-refractivity contribution in [3.05, 3.63) is 46.8 Å². The van der Waals surface area contributed by atoms with Crippen molar-refractivity contribution >= 4 is 5.91 Å². The Morgan fingerprint density at radius 2 is 1.78 bits per heavy atom. The molecule has 1 aromatic carbocycles. The van der Waals surface area contributed by atoms with E-state index in [-0.39, 0.29) is 13.0 Å². The predicted molar refractivity (Wildman–Crippen MR) is 136 cm³/mol. The molecule has 2 heterocycles. The summed E-state index contributed by atoms with van der Waals surface area (Å²) in [5.74, 6) is 1.05. The number of nitrogens with zero attached hydrogens (tertiary/aromatic N) is 3. The number of pyridine rings is 1. The Bertz CT molecular complexity index is 1190. The van der Waals surface area contributed by atoms with Gasteiger partial charge in [0.15, 0.2) is 0 Å². The minimum atomic E-state index is -1.42. The van der Waals surface area contributed by atoms with Gasteiger partial charge in [0.1, 0.15) is 18.5 Å². The SMILES string of the molecule is CCc1cc(-c2noc(-c3cc(C)nc(C(CC)CC)c3)n2)cc(C)c1OC[C@@H](O)CC(O)C(N)=O. The van der Waals surface area contributed by atoms with Crippen molar-refractivity contribution in [3.8, 4) is 28.6 Å². The Labute approximate surface area is 211 Å². The molecule has 194 valence electrons. The van der Waals surface area contributed by atoms with Crippen molar-refractivity contribution in [2.45, 2.75) is 78.4 Å². The number of benzene rings is 1. The van der Waals surface area contributed by atoms with Crippen LogP contribution in [-0.4, -0.2) is 50.1 Å². The lowest BCUT2D eigenvalue weighted by molar-refractivity contribution is -0.127. The van der Waals surface area contributed by atoms with E-state index in [9.17, 15) is 15.0 Å². The summed E-state index contributed by atoms with van der Waals surface area (Å²) >= 11 is 0. The van der Waals surface area contributed by atoms with Gasteiger partial charge >= 0.3 is 0 Å². The van der Waals surface area contributed by atoms with Gasteiger partial charge in [0.25, 0.3) is 5.89 Å². The van der Waals surface area contributed by atoms with Gasteiger partial charge in [-0.25, -0.2) is 0 Å². The third-order valence-electron chi connectivity index (χ3n) is 6.28. The molecule has 36 heavy (non-hydrogen) atoms. The van der Waals surface area contributed by atoms with E-state index >= 15 is 0 Å². The summed E-state index contributed by atoms with van der Waals surface area (Å²) < 4.78 is 11.5. The molecule has 0 spiro atoms. The van der Waals surface area contributed by atoms with E-state index in [0.29, 0.717) is 29.8 Å². The number of carbonyl (C=O) groups is 1. The maximum absolute atomic E-state index is 11.0. The standard InChI is InChI=1S/C27H36N4O5/c1-6-17(7-2)22-12-20(10-16(5)29-22)27-30-26(31-36-27)19-9-15(4)24(18(8-3)11-19)35-14-21(32)13-23(33)25(28)34/h9-12,17,21,23,32-33H,6-8,13-14H2,1-5H3,(H2,28,34)/t21-,23?/m0/s1. The quantitative estimate of drug-likeness (QED) is 0.343. The first kappa shape index (κ1) is 27.3. The fourth-order valence-corrected chi connectivity index (χ4v) is 4.26. The molecule has 3 rings (SSSR count). The van der Waals surface area contributed by atoms with E-state index in [1.165, 1.54) is 0 Å². The molecule has 2 atom stereocenters. The van der Waals surface area contributed by atoms with Crippen LogP contribution in [0.2, 0.25) is 0 Å². The van der Waals surface area contributed by atoms with Crippen LogP contribution in [0.25, 0.3) is 22.8 Å². The molecule has 9 heteroatoms. The maximum atomic E-state index is 11.0. The molecule has 4 N–H and O–H groups in total. The van der Waals surface area contributed by atoms with Crippen molar-refractivity contribution in [1.29, 1.82) is 0 Å². The summed E-state index contributed by atoms with van der Waals surface area (Å²) in [6.45, 7) is 10.1. The molecule has 0 aliphatic heterocycles.